The van der Waals surface area contributed by atoms with Crippen molar-refractivity contribution in [2.24, 2.45) is 0 Å². The van der Waals surface area contributed by atoms with Crippen LogP contribution in [0.4, 0.5) is 0 Å². The van der Waals surface area contributed by atoms with Gasteiger partial charge in [-0.3, -0.25) is 20.4 Å². The maximum atomic E-state index is 11.9. The number of hydrogen-bond donors (Lipinski definition) is 4. The SMILES string of the molecule is COc1ccc(C(=O)NNC(=O)c2cc(Br)c[nH]2)c(O)c1. The first-order chi connectivity index (χ1) is 10.0. The molecule has 0 aliphatic rings. The second-order valence-corrected chi connectivity index (χ2v) is 4.94. The highest BCUT2D eigenvalue weighted by molar-refractivity contribution is 9.10. The number of rotatable bonds is 3. The summed E-state index contributed by atoms with van der Waals surface area (Å²) in [7, 11) is 1.45. The average molecular weight is 354 g/mol. The van der Waals surface area contributed by atoms with Gasteiger partial charge in [0, 0.05) is 16.7 Å². The topological polar surface area (TPSA) is 103 Å². The number of aromatic hydroxyl groups is 1. The van der Waals surface area contributed by atoms with Crippen molar-refractivity contribution in [2.45, 2.75) is 0 Å². The van der Waals surface area contributed by atoms with E-state index in [4.69, 9.17) is 4.74 Å². The summed E-state index contributed by atoms with van der Waals surface area (Å²) in [5, 5.41) is 9.71. The van der Waals surface area contributed by atoms with Gasteiger partial charge in [-0.05, 0) is 34.1 Å². The fourth-order valence-electron chi connectivity index (χ4n) is 1.58. The van der Waals surface area contributed by atoms with Crippen LogP contribution in [-0.4, -0.2) is 29.0 Å². The predicted molar refractivity (Wildman–Crippen MR) is 78.1 cm³/mol. The molecule has 7 nitrogen and oxygen atoms in total. The minimum Gasteiger partial charge on any atom is -0.507 e. The number of carbonyl (C=O) groups is 2. The Bertz CT molecular complexity index is 684. The van der Waals surface area contributed by atoms with E-state index < -0.39 is 11.8 Å². The molecule has 8 heteroatoms. The summed E-state index contributed by atoms with van der Waals surface area (Å²) in [5.74, 6) is -0.982. The molecule has 0 aliphatic heterocycles. The summed E-state index contributed by atoms with van der Waals surface area (Å²) in [6.07, 6.45) is 1.59. The Morgan fingerprint density at radius 2 is 1.95 bits per heavy atom. The van der Waals surface area contributed by atoms with Gasteiger partial charge >= 0.3 is 0 Å². The molecule has 0 unspecified atom stereocenters. The zero-order chi connectivity index (χ0) is 15.4. The molecule has 21 heavy (non-hydrogen) atoms. The van der Waals surface area contributed by atoms with Crippen molar-refractivity contribution >= 4 is 27.7 Å². The number of aromatic nitrogens is 1. The lowest BCUT2D eigenvalue weighted by Crippen LogP contribution is -2.41. The second kappa shape index (κ2) is 6.31. The molecule has 2 amide bonds. The van der Waals surface area contributed by atoms with Crippen LogP contribution in [0.25, 0.3) is 0 Å². The van der Waals surface area contributed by atoms with E-state index in [0.29, 0.717) is 10.2 Å². The largest absolute Gasteiger partial charge is 0.507 e. The third-order valence-corrected chi connectivity index (χ3v) is 3.09. The fraction of sp³-hybridized carbons (Fsp3) is 0.0769. The molecule has 0 fully saturated rings. The summed E-state index contributed by atoms with van der Waals surface area (Å²) < 4.78 is 5.63. The molecule has 1 aromatic carbocycles. The Balaban J connectivity index is 2.00. The lowest BCUT2D eigenvalue weighted by molar-refractivity contribution is 0.0842. The number of H-pyrrole nitrogens is 1. The minimum absolute atomic E-state index is 0.0174. The van der Waals surface area contributed by atoms with Crippen molar-refractivity contribution in [2.75, 3.05) is 7.11 Å². The van der Waals surface area contributed by atoms with Crippen LogP contribution in [0.5, 0.6) is 11.5 Å². The van der Waals surface area contributed by atoms with Crippen molar-refractivity contribution in [1.82, 2.24) is 15.8 Å². The number of amides is 2. The number of phenols is 1. The number of phenolic OH excluding ortho intramolecular Hbond substituents is 1. The Hall–Kier alpha value is -2.48. The number of benzene rings is 1. The maximum absolute atomic E-state index is 11.9. The van der Waals surface area contributed by atoms with Gasteiger partial charge in [0.05, 0.1) is 12.7 Å². The lowest BCUT2D eigenvalue weighted by atomic mass is 10.2. The molecule has 2 rings (SSSR count). The van der Waals surface area contributed by atoms with Crippen LogP contribution in [0.1, 0.15) is 20.8 Å². The van der Waals surface area contributed by atoms with Crippen LogP contribution in [0, 0.1) is 0 Å². The highest BCUT2D eigenvalue weighted by Gasteiger charge is 2.14. The summed E-state index contributed by atoms with van der Waals surface area (Å²) in [6.45, 7) is 0. The lowest BCUT2D eigenvalue weighted by Gasteiger charge is -2.08. The van der Waals surface area contributed by atoms with E-state index in [1.807, 2.05) is 0 Å². The second-order valence-electron chi connectivity index (χ2n) is 4.02. The Labute approximate surface area is 128 Å². The van der Waals surface area contributed by atoms with Gasteiger partial charge in [-0.2, -0.15) is 0 Å². The van der Waals surface area contributed by atoms with E-state index in [1.165, 1.54) is 25.3 Å². The molecule has 0 atom stereocenters. The molecule has 0 radical (unpaired) electrons. The van der Waals surface area contributed by atoms with E-state index >= 15 is 0 Å². The van der Waals surface area contributed by atoms with Gasteiger partial charge in [0.2, 0.25) is 0 Å². The standard InChI is InChI=1S/C13H12BrN3O4/c1-21-8-2-3-9(11(18)5-8)12(19)16-17-13(20)10-4-7(14)6-15-10/h2-6,15,18H,1H3,(H,16,19)(H,17,20). The van der Waals surface area contributed by atoms with Crippen LogP contribution in [-0.2, 0) is 0 Å². The van der Waals surface area contributed by atoms with E-state index in [9.17, 15) is 14.7 Å². The summed E-state index contributed by atoms with van der Waals surface area (Å²) in [5.41, 5.74) is 4.74. The van der Waals surface area contributed by atoms with Crippen molar-refractivity contribution in [3.05, 3.63) is 46.2 Å². The zero-order valence-electron chi connectivity index (χ0n) is 10.9. The third kappa shape index (κ3) is 3.54. The maximum Gasteiger partial charge on any atom is 0.286 e. The number of carbonyl (C=O) groups excluding carboxylic acids is 2. The van der Waals surface area contributed by atoms with Crippen LogP contribution in [0.3, 0.4) is 0 Å². The van der Waals surface area contributed by atoms with E-state index in [0.717, 1.165) is 0 Å². The molecule has 0 saturated heterocycles. The quantitative estimate of drug-likeness (QED) is 0.628. The predicted octanol–water partition coefficient (Wildman–Crippen LogP) is 1.57. The fourth-order valence-corrected chi connectivity index (χ4v) is 1.92. The van der Waals surface area contributed by atoms with Crippen molar-refractivity contribution in [3.8, 4) is 11.5 Å². The molecule has 1 aromatic heterocycles. The number of nitrogens with one attached hydrogen (secondary N) is 3. The van der Waals surface area contributed by atoms with Crippen LogP contribution in [0.2, 0.25) is 0 Å². The van der Waals surface area contributed by atoms with Gasteiger partial charge in [0.15, 0.2) is 0 Å². The van der Waals surface area contributed by atoms with E-state index in [2.05, 4.69) is 31.8 Å². The van der Waals surface area contributed by atoms with Crippen molar-refractivity contribution in [1.29, 1.82) is 0 Å². The molecule has 110 valence electrons. The summed E-state index contributed by atoms with van der Waals surface area (Å²) >= 11 is 3.20. The van der Waals surface area contributed by atoms with Crippen molar-refractivity contribution < 1.29 is 19.4 Å². The third-order valence-electron chi connectivity index (χ3n) is 2.63. The molecule has 0 saturated carbocycles. The first kappa shape index (κ1) is 14.9. The molecular weight excluding hydrogens is 342 g/mol. The minimum atomic E-state index is -0.644. The first-order valence-corrected chi connectivity index (χ1v) is 6.62. The van der Waals surface area contributed by atoms with Gasteiger partial charge in [-0.15, -0.1) is 0 Å². The van der Waals surface area contributed by atoms with Gasteiger partial charge in [-0.25, -0.2) is 0 Å². The van der Waals surface area contributed by atoms with E-state index in [-0.39, 0.29) is 17.0 Å². The van der Waals surface area contributed by atoms with E-state index in [1.54, 1.807) is 12.3 Å². The highest BCUT2D eigenvalue weighted by Crippen LogP contribution is 2.23. The molecule has 0 bridgehead atoms. The summed E-state index contributed by atoms with van der Waals surface area (Å²) in [4.78, 5) is 26.3. The van der Waals surface area contributed by atoms with Crippen LogP contribution >= 0.6 is 15.9 Å². The number of aromatic amines is 1. The Morgan fingerprint density at radius 3 is 2.52 bits per heavy atom. The van der Waals surface area contributed by atoms with Crippen molar-refractivity contribution in [3.63, 3.8) is 0 Å². The Morgan fingerprint density at radius 1 is 1.24 bits per heavy atom. The number of hydrazine groups is 1. The number of ether oxygens (including phenoxy) is 1. The molecule has 2 aromatic rings. The number of halogens is 1. The van der Waals surface area contributed by atoms with Gasteiger partial charge < -0.3 is 14.8 Å². The number of hydrogen-bond acceptors (Lipinski definition) is 4. The van der Waals surface area contributed by atoms with Gasteiger partial charge in [0.25, 0.3) is 11.8 Å². The molecular formula is C13H12BrN3O4. The zero-order valence-corrected chi connectivity index (χ0v) is 12.5. The molecule has 0 aliphatic carbocycles. The molecule has 0 spiro atoms. The smallest absolute Gasteiger partial charge is 0.286 e. The van der Waals surface area contributed by atoms with Crippen LogP contribution in [0.15, 0.2) is 34.9 Å². The summed E-state index contributed by atoms with van der Waals surface area (Å²) in [6, 6.07) is 5.78. The number of methoxy groups -OCH3 is 1. The normalized spacial score (nSPS) is 10.0. The van der Waals surface area contributed by atoms with Gasteiger partial charge in [-0.1, -0.05) is 0 Å². The van der Waals surface area contributed by atoms with Crippen LogP contribution < -0.4 is 15.6 Å². The Kier molecular flexibility index (Phi) is 4.49. The highest BCUT2D eigenvalue weighted by atomic mass is 79.9. The first-order valence-electron chi connectivity index (χ1n) is 5.83. The average Bonchev–Trinajstić information content (AvgIpc) is 2.90. The molecule has 4 N–H and O–H groups in total. The monoisotopic (exact) mass is 353 g/mol. The van der Waals surface area contributed by atoms with Gasteiger partial charge in [0.1, 0.15) is 17.2 Å². The molecule has 1 heterocycles.